The fraction of sp³-hybridized carbons (Fsp3) is 0.429. The number of pyridine rings is 1. The van der Waals surface area contributed by atoms with Crippen LogP contribution in [0.25, 0.3) is 0 Å². The minimum Gasteiger partial charge on any atom is -0.384 e. The van der Waals surface area contributed by atoms with Crippen molar-refractivity contribution in [3.8, 4) is 11.8 Å². The summed E-state index contributed by atoms with van der Waals surface area (Å²) in [6.45, 7) is 1.81. The zero-order valence-corrected chi connectivity index (χ0v) is 12.2. The van der Waals surface area contributed by atoms with Crippen LogP contribution in [-0.2, 0) is 0 Å². The number of thioether (sulfide) groups is 1. The third kappa shape index (κ3) is 4.58. The van der Waals surface area contributed by atoms with Crippen molar-refractivity contribution in [2.75, 3.05) is 25.7 Å². The van der Waals surface area contributed by atoms with Crippen LogP contribution in [0.15, 0.2) is 18.5 Å². The van der Waals surface area contributed by atoms with E-state index < -0.39 is 0 Å². The Balaban J connectivity index is 2.87. The molecule has 1 amide bonds. The number of hydrogen-bond donors (Lipinski definition) is 1. The number of amides is 1. The predicted octanol–water partition coefficient (Wildman–Crippen LogP) is 1.25. The Morgan fingerprint density at radius 3 is 2.95 bits per heavy atom. The first kappa shape index (κ1) is 15.5. The summed E-state index contributed by atoms with van der Waals surface area (Å²) in [5.74, 6) is 6.11. The van der Waals surface area contributed by atoms with Crippen LogP contribution < -0.4 is 0 Å². The second-order valence-corrected chi connectivity index (χ2v) is 5.05. The van der Waals surface area contributed by atoms with E-state index in [2.05, 4.69) is 16.8 Å². The maximum Gasteiger partial charge on any atom is 0.255 e. The van der Waals surface area contributed by atoms with E-state index in [0.717, 1.165) is 5.75 Å². The predicted molar refractivity (Wildman–Crippen MR) is 78.1 cm³/mol. The lowest BCUT2D eigenvalue weighted by atomic mass is 10.1. The van der Waals surface area contributed by atoms with Gasteiger partial charge >= 0.3 is 0 Å². The summed E-state index contributed by atoms with van der Waals surface area (Å²) in [6.07, 6.45) is 5.13. The molecule has 1 rings (SSSR count). The zero-order chi connectivity index (χ0) is 14.3. The molecule has 1 N–H and O–H groups in total. The quantitative estimate of drug-likeness (QED) is 0.842. The minimum atomic E-state index is -0.206. The third-order valence-corrected chi connectivity index (χ3v) is 3.50. The molecule has 4 nitrogen and oxygen atoms in total. The van der Waals surface area contributed by atoms with Crippen molar-refractivity contribution in [3.63, 3.8) is 0 Å². The van der Waals surface area contributed by atoms with E-state index >= 15 is 0 Å². The molecule has 0 spiro atoms. The van der Waals surface area contributed by atoms with Gasteiger partial charge in [0.1, 0.15) is 6.61 Å². The Kier molecular flexibility index (Phi) is 6.40. The smallest absolute Gasteiger partial charge is 0.255 e. The van der Waals surface area contributed by atoms with E-state index in [1.54, 1.807) is 36.0 Å². The summed E-state index contributed by atoms with van der Waals surface area (Å²) in [7, 11) is 1.79. The van der Waals surface area contributed by atoms with Crippen LogP contribution in [-0.4, -0.2) is 52.6 Å². The number of carbonyl (C=O) groups is 1. The van der Waals surface area contributed by atoms with Crippen molar-refractivity contribution < 1.29 is 9.90 Å². The Morgan fingerprint density at radius 1 is 1.58 bits per heavy atom. The second-order valence-electron chi connectivity index (χ2n) is 4.14. The van der Waals surface area contributed by atoms with E-state index in [1.165, 1.54) is 6.20 Å². The van der Waals surface area contributed by atoms with Crippen LogP contribution in [0.4, 0.5) is 0 Å². The largest absolute Gasteiger partial charge is 0.384 e. The van der Waals surface area contributed by atoms with Crippen LogP contribution in [0.2, 0.25) is 0 Å². The highest BCUT2D eigenvalue weighted by Gasteiger charge is 2.17. The van der Waals surface area contributed by atoms with Gasteiger partial charge in [-0.1, -0.05) is 11.8 Å². The van der Waals surface area contributed by atoms with Crippen molar-refractivity contribution in [3.05, 3.63) is 29.6 Å². The van der Waals surface area contributed by atoms with Gasteiger partial charge in [0.25, 0.3) is 5.91 Å². The standard InChI is InChI=1S/C14H18N2O2S/c1-11(10-19-3)16(2)14(18)13-7-12(5-4-6-17)8-15-9-13/h7-9,11,17H,6,10H2,1-3H3. The van der Waals surface area contributed by atoms with Gasteiger partial charge in [0.05, 0.1) is 5.56 Å². The van der Waals surface area contributed by atoms with E-state index in [0.29, 0.717) is 11.1 Å². The van der Waals surface area contributed by atoms with Gasteiger partial charge in [-0.05, 0) is 19.2 Å². The third-order valence-electron chi connectivity index (χ3n) is 2.69. The summed E-state index contributed by atoms with van der Waals surface area (Å²) >= 11 is 1.71. The number of aliphatic hydroxyl groups is 1. The highest BCUT2D eigenvalue weighted by Crippen LogP contribution is 2.10. The second kappa shape index (κ2) is 7.82. The molecule has 0 aromatic carbocycles. The molecule has 1 heterocycles. The Bertz CT molecular complexity index is 494. The molecule has 0 aliphatic rings. The molecule has 5 heteroatoms. The van der Waals surface area contributed by atoms with Crippen LogP contribution in [0, 0.1) is 11.8 Å². The molecule has 0 fully saturated rings. The lowest BCUT2D eigenvalue weighted by Gasteiger charge is -2.24. The summed E-state index contributed by atoms with van der Waals surface area (Å²) in [6, 6.07) is 1.86. The van der Waals surface area contributed by atoms with Gasteiger partial charge < -0.3 is 10.0 Å². The van der Waals surface area contributed by atoms with Crippen molar-refractivity contribution in [1.82, 2.24) is 9.88 Å². The molecule has 102 valence electrons. The monoisotopic (exact) mass is 278 g/mol. The molecule has 0 bridgehead atoms. The molecule has 1 aromatic heterocycles. The molecule has 0 aliphatic heterocycles. The first-order valence-corrected chi connectivity index (χ1v) is 7.30. The van der Waals surface area contributed by atoms with Crippen LogP contribution >= 0.6 is 11.8 Å². The SMILES string of the molecule is CSCC(C)N(C)C(=O)c1cncc(C#CCO)c1. The van der Waals surface area contributed by atoms with Gasteiger partial charge in [-0.15, -0.1) is 0 Å². The van der Waals surface area contributed by atoms with Crippen LogP contribution in [0.1, 0.15) is 22.8 Å². The molecule has 1 atom stereocenters. The highest BCUT2D eigenvalue weighted by atomic mass is 32.2. The van der Waals surface area contributed by atoms with Gasteiger partial charge in [-0.2, -0.15) is 11.8 Å². The maximum atomic E-state index is 12.3. The lowest BCUT2D eigenvalue weighted by molar-refractivity contribution is 0.0757. The number of hydrogen-bond acceptors (Lipinski definition) is 4. The summed E-state index contributed by atoms with van der Waals surface area (Å²) in [4.78, 5) is 18.0. The van der Waals surface area contributed by atoms with Gasteiger partial charge in [-0.3, -0.25) is 9.78 Å². The van der Waals surface area contributed by atoms with Gasteiger partial charge in [0.15, 0.2) is 0 Å². The summed E-state index contributed by atoms with van der Waals surface area (Å²) in [5.41, 5.74) is 1.14. The molecule has 19 heavy (non-hydrogen) atoms. The number of nitrogens with zero attached hydrogens (tertiary/aromatic N) is 2. The topological polar surface area (TPSA) is 53.4 Å². The first-order chi connectivity index (χ1) is 9.10. The summed E-state index contributed by atoms with van der Waals surface area (Å²) < 4.78 is 0. The lowest BCUT2D eigenvalue weighted by Crippen LogP contribution is -2.36. The highest BCUT2D eigenvalue weighted by molar-refractivity contribution is 7.98. The average molecular weight is 278 g/mol. The van der Waals surface area contributed by atoms with E-state index in [-0.39, 0.29) is 18.6 Å². The van der Waals surface area contributed by atoms with Crippen LogP contribution in [0.5, 0.6) is 0 Å². The molecule has 1 unspecified atom stereocenters. The Morgan fingerprint density at radius 2 is 2.32 bits per heavy atom. The van der Waals surface area contributed by atoms with Crippen molar-refractivity contribution >= 4 is 17.7 Å². The Hall–Kier alpha value is -1.51. The summed E-state index contributed by atoms with van der Waals surface area (Å²) in [5, 5.41) is 8.65. The number of carbonyl (C=O) groups excluding carboxylic acids is 1. The molecular weight excluding hydrogens is 260 g/mol. The van der Waals surface area contributed by atoms with Crippen molar-refractivity contribution in [2.24, 2.45) is 0 Å². The zero-order valence-electron chi connectivity index (χ0n) is 11.4. The van der Waals surface area contributed by atoms with E-state index in [1.807, 2.05) is 13.2 Å². The van der Waals surface area contributed by atoms with Crippen molar-refractivity contribution in [2.45, 2.75) is 13.0 Å². The van der Waals surface area contributed by atoms with E-state index in [4.69, 9.17) is 5.11 Å². The normalized spacial score (nSPS) is 11.4. The molecule has 0 saturated heterocycles. The number of aromatic nitrogens is 1. The molecule has 1 aromatic rings. The van der Waals surface area contributed by atoms with E-state index in [9.17, 15) is 4.79 Å². The molecule has 0 radical (unpaired) electrons. The van der Waals surface area contributed by atoms with Gasteiger partial charge in [0, 0.05) is 36.8 Å². The van der Waals surface area contributed by atoms with Gasteiger partial charge in [0.2, 0.25) is 0 Å². The fourth-order valence-corrected chi connectivity index (χ4v) is 2.23. The number of rotatable bonds is 4. The van der Waals surface area contributed by atoms with Crippen molar-refractivity contribution in [1.29, 1.82) is 0 Å². The molecule has 0 saturated carbocycles. The average Bonchev–Trinajstić information content (AvgIpc) is 2.44. The number of aliphatic hydroxyl groups excluding tert-OH is 1. The Labute approximate surface area is 118 Å². The maximum absolute atomic E-state index is 12.3. The van der Waals surface area contributed by atoms with Gasteiger partial charge in [-0.25, -0.2) is 0 Å². The molecular formula is C14H18N2O2S. The minimum absolute atomic E-state index is 0.0679. The first-order valence-electron chi connectivity index (χ1n) is 5.91. The van der Waals surface area contributed by atoms with Crippen LogP contribution in [0.3, 0.4) is 0 Å². The fourth-order valence-electron chi connectivity index (χ4n) is 1.52. The molecule has 0 aliphatic carbocycles.